The molecule has 1 heterocycles. The second-order valence-electron chi connectivity index (χ2n) is 8.29. The Morgan fingerprint density at radius 3 is 2.06 bits per heavy atom. The Morgan fingerprint density at radius 2 is 1.48 bits per heavy atom. The number of hydrogen-bond acceptors (Lipinski definition) is 6. The van der Waals surface area contributed by atoms with E-state index in [-0.39, 0.29) is 18.0 Å². The molecule has 31 heavy (non-hydrogen) atoms. The van der Waals surface area contributed by atoms with Gasteiger partial charge < -0.3 is 9.47 Å². The molecule has 0 amide bonds. The lowest BCUT2D eigenvalue weighted by Gasteiger charge is -2.25. The van der Waals surface area contributed by atoms with Gasteiger partial charge in [0.05, 0.1) is 19.1 Å². The third kappa shape index (κ3) is 5.13. The highest BCUT2D eigenvalue weighted by molar-refractivity contribution is 7.14. The van der Waals surface area contributed by atoms with Crippen LogP contribution in [0.3, 0.4) is 0 Å². The third-order valence-corrected chi connectivity index (χ3v) is 6.88. The molecule has 6 heteroatoms. The molecule has 1 saturated carbocycles. The molecule has 0 atom stereocenters. The summed E-state index contributed by atoms with van der Waals surface area (Å²) in [6.45, 7) is 4.05. The van der Waals surface area contributed by atoms with E-state index in [4.69, 9.17) is 9.47 Å². The summed E-state index contributed by atoms with van der Waals surface area (Å²) < 4.78 is 10.6. The maximum atomic E-state index is 11.7. The van der Waals surface area contributed by atoms with Gasteiger partial charge in [-0.05, 0) is 62.8 Å². The van der Waals surface area contributed by atoms with Crippen LogP contribution in [0.25, 0.3) is 21.7 Å². The second-order valence-corrected chi connectivity index (χ2v) is 9.29. The van der Waals surface area contributed by atoms with Crippen LogP contribution in [0.15, 0.2) is 48.5 Å². The Morgan fingerprint density at radius 1 is 0.903 bits per heavy atom. The van der Waals surface area contributed by atoms with Crippen LogP contribution in [0.1, 0.15) is 50.5 Å². The topological polar surface area (TPSA) is 61.3 Å². The number of carbonyl (C=O) groups is 1. The first-order valence-corrected chi connectivity index (χ1v) is 11.6. The maximum Gasteiger partial charge on any atom is 0.308 e. The first-order chi connectivity index (χ1) is 15.0. The first-order valence-electron chi connectivity index (χ1n) is 10.8. The quantitative estimate of drug-likeness (QED) is 0.437. The van der Waals surface area contributed by atoms with E-state index in [1.165, 1.54) is 7.11 Å². The number of rotatable bonds is 6. The third-order valence-electron chi connectivity index (χ3n) is 5.74. The molecule has 1 aromatic heterocycles. The number of hydrogen-bond donors (Lipinski definition) is 0. The number of nitrogens with zero attached hydrogens (tertiary/aromatic N) is 2. The molecule has 0 saturated heterocycles. The van der Waals surface area contributed by atoms with Crippen molar-refractivity contribution in [3.05, 3.63) is 53.5 Å². The highest BCUT2D eigenvalue weighted by Crippen LogP contribution is 2.39. The average Bonchev–Trinajstić information content (AvgIpc) is 3.29. The summed E-state index contributed by atoms with van der Waals surface area (Å²) >= 11 is 1.66. The molecule has 0 spiro atoms. The van der Waals surface area contributed by atoms with Gasteiger partial charge in [-0.3, -0.25) is 4.79 Å². The standard InChI is InChI=1S/C25H28N2O3S/c1-16(2)30-22-14-12-18(13-15-22)17-4-6-19(7-5-17)23-26-27-24(31-23)20-8-10-21(11-9-20)25(28)29-3/h4-7,12-16,20-21H,8-11H2,1-3H3/t20-,21-. The molecular formula is C25H28N2O3S. The molecule has 0 radical (unpaired) electrons. The Labute approximate surface area is 187 Å². The summed E-state index contributed by atoms with van der Waals surface area (Å²) in [5.74, 6) is 1.22. The largest absolute Gasteiger partial charge is 0.491 e. The summed E-state index contributed by atoms with van der Waals surface area (Å²) in [5, 5.41) is 10.9. The van der Waals surface area contributed by atoms with Gasteiger partial charge in [-0.2, -0.15) is 0 Å². The molecule has 1 fully saturated rings. The summed E-state index contributed by atoms with van der Waals surface area (Å²) in [6, 6.07) is 16.6. The lowest BCUT2D eigenvalue weighted by atomic mass is 9.82. The fourth-order valence-electron chi connectivity index (χ4n) is 4.06. The van der Waals surface area contributed by atoms with Crippen molar-refractivity contribution in [2.24, 2.45) is 5.92 Å². The number of benzene rings is 2. The van der Waals surface area contributed by atoms with Crippen molar-refractivity contribution in [3.63, 3.8) is 0 Å². The van der Waals surface area contributed by atoms with Crippen LogP contribution in [-0.4, -0.2) is 29.4 Å². The fourth-order valence-corrected chi connectivity index (χ4v) is 5.08. The Kier molecular flexibility index (Phi) is 6.66. The van der Waals surface area contributed by atoms with Crippen molar-refractivity contribution in [2.75, 3.05) is 7.11 Å². The van der Waals surface area contributed by atoms with Crippen LogP contribution in [0.5, 0.6) is 5.75 Å². The molecule has 0 aliphatic heterocycles. The van der Waals surface area contributed by atoms with Crippen molar-refractivity contribution >= 4 is 17.3 Å². The molecule has 0 N–H and O–H groups in total. The van der Waals surface area contributed by atoms with Gasteiger partial charge in [0.2, 0.25) is 0 Å². The first kappa shape index (κ1) is 21.5. The van der Waals surface area contributed by atoms with Crippen LogP contribution in [0.4, 0.5) is 0 Å². The molecule has 3 aromatic rings. The normalized spacial score (nSPS) is 18.7. The van der Waals surface area contributed by atoms with Gasteiger partial charge >= 0.3 is 5.97 Å². The zero-order valence-electron chi connectivity index (χ0n) is 18.2. The van der Waals surface area contributed by atoms with Crippen molar-refractivity contribution < 1.29 is 14.3 Å². The smallest absolute Gasteiger partial charge is 0.308 e. The number of aromatic nitrogens is 2. The Hall–Kier alpha value is -2.73. The molecule has 4 rings (SSSR count). The highest BCUT2D eigenvalue weighted by atomic mass is 32.1. The summed E-state index contributed by atoms with van der Waals surface area (Å²) in [4.78, 5) is 11.7. The SMILES string of the molecule is COC(=O)[C@H]1CC[C@H](c2nnc(-c3ccc(-c4ccc(OC(C)C)cc4)cc3)s2)CC1. The van der Waals surface area contributed by atoms with Gasteiger partial charge in [0.15, 0.2) is 0 Å². The van der Waals surface area contributed by atoms with Crippen LogP contribution < -0.4 is 4.74 Å². The highest BCUT2D eigenvalue weighted by Gasteiger charge is 2.29. The molecule has 162 valence electrons. The zero-order chi connectivity index (χ0) is 21.8. The number of carbonyl (C=O) groups excluding carboxylic acids is 1. The van der Waals surface area contributed by atoms with Gasteiger partial charge in [-0.15, -0.1) is 10.2 Å². The molecule has 1 aliphatic rings. The lowest BCUT2D eigenvalue weighted by Crippen LogP contribution is -2.22. The predicted molar refractivity (Wildman–Crippen MR) is 123 cm³/mol. The van der Waals surface area contributed by atoms with E-state index >= 15 is 0 Å². The molecular weight excluding hydrogens is 408 g/mol. The van der Waals surface area contributed by atoms with E-state index in [1.807, 2.05) is 26.0 Å². The van der Waals surface area contributed by atoms with E-state index in [1.54, 1.807) is 11.3 Å². The van der Waals surface area contributed by atoms with Crippen LogP contribution in [-0.2, 0) is 9.53 Å². The average molecular weight is 437 g/mol. The molecule has 1 aliphatic carbocycles. The van der Waals surface area contributed by atoms with Crippen molar-refractivity contribution in [1.29, 1.82) is 0 Å². The number of esters is 1. The van der Waals surface area contributed by atoms with Gasteiger partial charge in [-0.25, -0.2) is 0 Å². The molecule has 0 unspecified atom stereocenters. The Bertz CT molecular complexity index is 1000. The minimum Gasteiger partial charge on any atom is -0.491 e. The van der Waals surface area contributed by atoms with Crippen LogP contribution in [0, 0.1) is 5.92 Å². The minimum absolute atomic E-state index is 0.0344. The molecule has 0 bridgehead atoms. The lowest BCUT2D eigenvalue weighted by molar-refractivity contribution is -0.146. The van der Waals surface area contributed by atoms with E-state index in [2.05, 4.69) is 46.6 Å². The monoisotopic (exact) mass is 436 g/mol. The Balaban J connectivity index is 1.41. The maximum absolute atomic E-state index is 11.7. The van der Waals surface area contributed by atoms with Crippen LogP contribution >= 0.6 is 11.3 Å². The minimum atomic E-state index is -0.0846. The van der Waals surface area contributed by atoms with E-state index < -0.39 is 0 Å². The summed E-state index contributed by atoms with van der Waals surface area (Å²) in [7, 11) is 1.47. The zero-order valence-corrected chi connectivity index (χ0v) is 19.0. The van der Waals surface area contributed by atoms with Gasteiger partial charge in [0.25, 0.3) is 0 Å². The second kappa shape index (κ2) is 9.60. The van der Waals surface area contributed by atoms with Gasteiger partial charge in [0, 0.05) is 11.5 Å². The predicted octanol–water partition coefficient (Wildman–Crippen LogP) is 6.11. The van der Waals surface area contributed by atoms with Crippen molar-refractivity contribution in [3.8, 4) is 27.4 Å². The van der Waals surface area contributed by atoms with Gasteiger partial charge in [0.1, 0.15) is 15.8 Å². The molecule has 2 aromatic carbocycles. The van der Waals surface area contributed by atoms with Crippen molar-refractivity contribution in [2.45, 2.75) is 51.6 Å². The molecule has 5 nitrogen and oxygen atoms in total. The van der Waals surface area contributed by atoms with E-state index in [0.717, 1.165) is 58.1 Å². The van der Waals surface area contributed by atoms with Crippen LogP contribution in [0.2, 0.25) is 0 Å². The van der Waals surface area contributed by atoms with E-state index in [0.29, 0.717) is 5.92 Å². The van der Waals surface area contributed by atoms with Crippen molar-refractivity contribution in [1.82, 2.24) is 10.2 Å². The summed E-state index contributed by atoms with van der Waals surface area (Å²) in [5.41, 5.74) is 3.39. The number of methoxy groups -OCH3 is 1. The summed E-state index contributed by atoms with van der Waals surface area (Å²) in [6.07, 6.45) is 3.82. The fraction of sp³-hybridized carbons (Fsp3) is 0.400. The van der Waals surface area contributed by atoms with Gasteiger partial charge in [-0.1, -0.05) is 47.7 Å². The van der Waals surface area contributed by atoms with E-state index in [9.17, 15) is 4.79 Å². The number of ether oxygens (including phenoxy) is 2.